The van der Waals surface area contributed by atoms with Gasteiger partial charge < -0.3 is 9.80 Å². The summed E-state index contributed by atoms with van der Waals surface area (Å²) in [5.74, 6) is 0.187. The molecular formula is C29H37ClN6O2. The van der Waals surface area contributed by atoms with Crippen LogP contribution >= 0.6 is 11.6 Å². The van der Waals surface area contributed by atoms with E-state index in [1.165, 1.54) is 11.9 Å². The Bertz CT molecular complexity index is 1170. The lowest BCUT2D eigenvalue weighted by Crippen LogP contribution is -2.38. The first-order valence-electron chi connectivity index (χ1n) is 13.5. The number of fused-ring (bicyclic) bond motifs is 1. The fourth-order valence-corrected chi connectivity index (χ4v) is 5.04. The predicted molar refractivity (Wildman–Crippen MR) is 150 cm³/mol. The summed E-state index contributed by atoms with van der Waals surface area (Å²) in [6.45, 7) is 6.71. The molecule has 3 aromatic rings. The molecule has 0 saturated heterocycles. The molecule has 0 spiro atoms. The van der Waals surface area contributed by atoms with Crippen LogP contribution in [0.25, 0.3) is 0 Å². The van der Waals surface area contributed by atoms with Crippen LogP contribution in [-0.2, 0) is 29.2 Å². The summed E-state index contributed by atoms with van der Waals surface area (Å²) in [7, 11) is 0. The lowest BCUT2D eigenvalue weighted by atomic mass is 10.1. The third-order valence-electron chi connectivity index (χ3n) is 6.85. The highest BCUT2D eigenvalue weighted by molar-refractivity contribution is 6.31. The maximum Gasteiger partial charge on any atom is 0.226 e. The van der Waals surface area contributed by atoms with Crippen LogP contribution in [0, 0.1) is 0 Å². The van der Waals surface area contributed by atoms with Gasteiger partial charge in [0.2, 0.25) is 11.8 Å². The van der Waals surface area contributed by atoms with E-state index in [1.807, 2.05) is 41.0 Å². The molecule has 0 N–H and O–H groups in total. The topological polar surface area (TPSA) is 74.6 Å². The van der Waals surface area contributed by atoms with Gasteiger partial charge in [0.25, 0.3) is 0 Å². The van der Waals surface area contributed by atoms with Crippen molar-refractivity contribution in [3.8, 4) is 0 Å². The first-order chi connectivity index (χ1) is 18.5. The molecule has 38 heavy (non-hydrogen) atoms. The molecule has 0 aliphatic carbocycles. The first kappa shape index (κ1) is 27.8. The maximum atomic E-state index is 13.5. The summed E-state index contributed by atoms with van der Waals surface area (Å²) >= 11 is 6.41. The van der Waals surface area contributed by atoms with E-state index >= 15 is 0 Å². The third-order valence-corrected chi connectivity index (χ3v) is 7.09. The van der Waals surface area contributed by atoms with Crippen LogP contribution in [0.2, 0.25) is 5.02 Å². The van der Waals surface area contributed by atoms with Gasteiger partial charge in [-0.2, -0.15) is 5.10 Å². The third kappa shape index (κ3) is 7.88. The molecule has 4 rings (SSSR count). The van der Waals surface area contributed by atoms with Crippen LogP contribution < -0.4 is 4.90 Å². The molecule has 2 heterocycles. The minimum atomic E-state index is 0.0931. The highest BCUT2D eigenvalue weighted by Gasteiger charge is 2.24. The normalized spacial score (nSPS) is 15.1. The van der Waals surface area contributed by atoms with Crippen LogP contribution in [0.4, 0.5) is 5.69 Å². The summed E-state index contributed by atoms with van der Waals surface area (Å²) in [6, 6.07) is 16.1. The zero-order chi connectivity index (χ0) is 26.7. The summed E-state index contributed by atoms with van der Waals surface area (Å²) in [6.07, 6.45) is 6.36. The fraction of sp³-hybridized carbons (Fsp3) is 0.448. The lowest BCUT2D eigenvalue weighted by molar-refractivity contribution is -0.132. The zero-order valence-electron chi connectivity index (χ0n) is 22.1. The van der Waals surface area contributed by atoms with Gasteiger partial charge in [-0.3, -0.25) is 19.2 Å². The zero-order valence-corrected chi connectivity index (χ0v) is 22.9. The van der Waals surface area contributed by atoms with E-state index in [0.29, 0.717) is 50.5 Å². The standard InChI is InChI=1S/C29H37ClN6O2/c1-2-8-29(38)36-16-7-14-33(20-24-9-4-3-5-10-24)17-18-34(21-25-12-13-26(30)19-27(25)36)28(37)11-6-15-35-23-31-22-32-35/h3-5,9-10,12-13,19,22-23H,2,6-8,11,14-18,20-21H2,1H3. The average Bonchev–Trinajstić information content (AvgIpc) is 3.42. The second-order valence-electron chi connectivity index (χ2n) is 9.76. The number of carbonyl (C=O) groups excluding carboxylic acids is 2. The van der Waals surface area contributed by atoms with Crippen LogP contribution in [0.5, 0.6) is 0 Å². The Hall–Kier alpha value is -3.23. The van der Waals surface area contributed by atoms with Crippen molar-refractivity contribution in [2.45, 2.75) is 58.7 Å². The SMILES string of the molecule is CCCC(=O)N1CCCN(Cc2ccccc2)CCN(C(=O)CCCn2cncn2)Cc2ccc(Cl)cc21. The summed E-state index contributed by atoms with van der Waals surface area (Å²) < 4.78 is 1.75. The smallest absolute Gasteiger partial charge is 0.226 e. The Labute approximate surface area is 230 Å². The first-order valence-corrected chi connectivity index (χ1v) is 13.9. The van der Waals surface area contributed by atoms with Gasteiger partial charge in [-0.1, -0.05) is 54.9 Å². The molecule has 8 nitrogen and oxygen atoms in total. The Morgan fingerprint density at radius 3 is 2.58 bits per heavy atom. The average molecular weight is 537 g/mol. The molecule has 0 unspecified atom stereocenters. The number of carbonyl (C=O) groups is 2. The second-order valence-corrected chi connectivity index (χ2v) is 10.2. The van der Waals surface area contributed by atoms with E-state index in [4.69, 9.17) is 11.6 Å². The van der Waals surface area contributed by atoms with Gasteiger partial charge >= 0.3 is 0 Å². The highest BCUT2D eigenvalue weighted by atomic mass is 35.5. The molecule has 1 aliphatic heterocycles. The number of rotatable bonds is 8. The molecule has 0 radical (unpaired) electrons. The van der Waals surface area contributed by atoms with Gasteiger partial charge in [-0.05, 0) is 42.5 Å². The predicted octanol–water partition coefficient (Wildman–Crippen LogP) is 4.78. The fourth-order valence-electron chi connectivity index (χ4n) is 4.87. The van der Waals surface area contributed by atoms with E-state index in [1.54, 1.807) is 11.0 Å². The molecule has 1 aromatic heterocycles. The number of amides is 2. The minimum absolute atomic E-state index is 0.0931. The molecule has 0 atom stereocenters. The number of halogens is 1. The monoisotopic (exact) mass is 536 g/mol. The number of nitrogens with zero attached hydrogens (tertiary/aromatic N) is 6. The Morgan fingerprint density at radius 1 is 0.974 bits per heavy atom. The Balaban J connectivity index is 1.58. The summed E-state index contributed by atoms with van der Waals surface area (Å²) in [5, 5.41) is 4.73. The van der Waals surface area contributed by atoms with Crippen LogP contribution in [0.1, 0.15) is 50.2 Å². The number of benzene rings is 2. The van der Waals surface area contributed by atoms with Gasteiger partial charge in [0, 0.05) is 63.7 Å². The van der Waals surface area contributed by atoms with Crippen molar-refractivity contribution in [2.24, 2.45) is 0 Å². The van der Waals surface area contributed by atoms with E-state index in [-0.39, 0.29) is 11.8 Å². The summed E-state index contributed by atoms with van der Waals surface area (Å²) in [5.41, 5.74) is 3.00. The van der Waals surface area contributed by atoms with Gasteiger partial charge in [0.1, 0.15) is 12.7 Å². The van der Waals surface area contributed by atoms with Gasteiger partial charge in [-0.15, -0.1) is 0 Å². The van der Waals surface area contributed by atoms with Crippen molar-refractivity contribution in [3.63, 3.8) is 0 Å². The summed E-state index contributed by atoms with van der Waals surface area (Å²) in [4.78, 5) is 36.9. The van der Waals surface area contributed by atoms with Crippen molar-refractivity contribution in [3.05, 3.63) is 77.3 Å². The number of aryl methyl sites for hydroxylation is 1. The van der Waals surface area contributed by atoms with Crippen LogP contribution in [-0.4, -0.2) is 62.6 Å². The van der Waals surface area contributed by atoms with E-state index in [0.717, 1.165) is 43.7 Å². The number of hydrogen-bond acceptors (Lipinski definition) is 5. The molecule has 1 aliphatic rings. The Morgan fingerprint density at radius 2 is 1.82 bits per heavy atom. The van der Waals surface area contributed by atoms with Crippen molar-refractivity contribution in [2.75, 3.05) is 31.1 Å². The molecule has 2 amide bonds. The largest absolute Gasteiger partial charge is 0.337 e. The number of hydrogen-bond donors (Lipinski definition) is 0. The van der Waals surface area contributed by atoms with Crippen molar-refractivity contribution >= 4 is 29.1 Å². The number of aromatic nitrogens is 3. The molecule has 9 heteroatoms. The second kappa shape index (κ2) is 14.1. The molecular weight excluding hydrogens is 500 g/mol. The van der Waals surface area contributed by atoms with Crippen molar-refractivity contribution in [1.82, 2.24) is 24.6 Å². The molecule has 0 bridgehead atoms. The van der Waals surface area contributed by atoms with Crippen LogP contribution in [0.15, 0.2) is 61.2 Å². The van der Waals surface area contributed by atoms with E-state index < -0.39 is 0 Å². The molecule has 0 saturated carbocycles. The molecule has 202 valence electrons. The molecule has 2 aromatic carbocycles. The van der Waals surface area contributed by atoms with Crippen LogP contribution in [0.3, 0.4) is 0 Å². The lowest BCUT2D eigenvalue weighted by Gasteiger charge is -2.28. The van der Waals surface area contributed by atoms with Crippen molar-refractivity contribution in [1.29, 1.82) is 0 Å². The van der Waals surface area contributed by atoms with E-state index in [2.05, 4.69) is 39.2 Å². The maximum absolute atomic E-state index is 13.5. The van der Waals surface area contributed by atoms with Crippen molar-refractivity contribution < 1.29 is 9.59 Å². The Kier molecular flexibility index (Phi) is 10.3. The highest BCUT2D eigenvalue weighted by Crippen LogP contribution is 2.28. The van der Waals surface area contributed by atoms with E-state index in [9.17, 15) is 9.59 Å². The minimum Gasteiger partial charge on any atom is -0.337 e. The molecule has 0 fully saturated rings. The van der Waals surface area contributed by atoms with Gasteiger partial charge in [-0.25, -0.2) is 4.98 Å². The number of anilines is 1. The quantitative estimate of drug-likeness (QED) is 0.414. The van der Waals surface area contributed by atoms with Gasteiger partial charge in [0.05, 0.1) is 5.69 Å². The van der Waals surface area contributed by atoms with Gasteiger partial charge in [0.15, 0.2) is 0 Å².